The lowest BCUT2D eigenvalue weighted by Crippen LogP contribution is -2.36. The van der Waals surface area contributed by atoms with Crippen molar-refractivity contribution in [3.63, 3.8) is 0 Å². The average Bonchev–Trinajstić information content (AvgIpc) is 3.12. The van der Waals surface area contributed by atoms with Crippen LogP contribution < -0.4 is 0 Å². The van der Waals surface area contributed by atoms with Crippen molar-refractivity contribution < 1.29 is 4.74 Å². The van der Waals surface area contributed by atoms with Crippen LogP contribution in [0.1, 0.15) is 41.4 Å². The molecule has 1 saturated heterocycles. The average molecular weight is 431 g/mol. The number of thiophene rings is 1. The number of fused-ring (bicyclic) bond motifs is 2. The first-order valence-corrected chi connectivity index (χ1v) is 12.0. The summed E-state index contributed by atoms with van der Waals surface area (Å²) in [5, 5.41) is 12.1. The summed E-state index contributed by atoms with van der Waals surface area (Å²) in [6, 6.07) is 0. The highest BCUT2D eigenvalue weighted by molar-refractivity contribution is 7.99. The Morgan fingerprint density at radius 3 is 2.76 bits per heavy atom. The van der Waals surface area contributed by atoms with Gasteiger partial charge in [-0.1, -0.05) is 6.42 Å². The third-order valence-corrected chi connectivity index (χ3v) is 7.85. The van der Waals surface area contributed by atoms with Gasteiger partial charge in [0, 0.05) is 36.3 Å². The smallest absolute Gasteiger partial charge is 0.197 e. The van der Waals surface area contributed by atoms with Gasteiger partial charge in [0.15, 0.2) is 5.16 Å². The molecule has 5 rings (SSSR count). The van der Waals surface area contributed by atoms with E-state index < -0.39 is 0 Å². The van der Waals surface area contributed by atoms with Crippen molar-refractivity contribution in [2.45, 2.75) is 62.8 Å². The topological polar surface area (TPSA) is 69.0 Å². The van der Waals surface area contributed by atoms with Crippen LogP contribution in [-0.2, 0) is 24.2 Å². The molecule has 3 aromatic rings. The maximum atomic E-state index is 5.48. The summed E-state index contributed by atoms with van der Waals surface area (Å²) in [4.78, 5) is 14.7. The Labute approximate surface area is 178 Å². The molecule has 0 unspecified atom stereocenters. The largest absolute Gasteiger partial charge is 0.379 e. The molecule has 29 heavy (non-hydrogen) atoms. The lowest BCUT2D eigenvalue weighted by Gasteiger charge is -2.25. The molecule has 7 nitrogen and oxygen atoms in total. The highest BCUT2D eigenvalue weighted by Gasteiger charge is 2.21. The van der Waals surface area contributed by atoms with Gasteiger partial charge >= 0.3 is 0 Å². The summed E-state index contributed by atoms with van der Waals surface area (Å²) in [7, 11) is 0. The second-order valence-electron chi connectivity index (χ2n) is 7.76. The highest BCUT2D eigenvalue weighted by Crippen LogP contribution is 2.38. The van der Waals surface area contributed by atoms with E-state index in [1.54, 1.807) is 23.1 Å². The Balaban J connectivity index is 1.52. The van der Waals surface area contributed by atoms with Gasteiger partial charge in [-0.05, 0) is 44.0 Å². The second-order valence-corrected chi connectivity index (χ2v) is 9.92. The number of nitrogens with zero attached hydrogens (tertiary/aromatic N) is 6. The lowest BCUT2D eigenvalue weighted by molar-refractivity contribution is 0.0330. The minimum Gasteiger partial charge on any atom is -0.379 e. The summed E-state index contributed by atoms with van der Waals surface area (Å²) in [5.41, 5.74) is 1.28. The van der Waals surface area contributed by atoms with Crippen molar-refractivity contribution >= 4 is 33.3 Å². The van der Waals surface area contributed by atoms with Crippen molar-refractivity contribution in [2.75, 3.05) is 26.3 Å². The number of aromatic nitrogens is 5. The summed E-state index contributed by atoms with van der Waals surface area (Å²) < 4.78 is 7.77. The SMILES string of the molecule is Cc1sc2nc(CN3CCOCC3)nc(Sc3nnc4n3CCCCC4)c2c1C. The van der Waals surface area contributed by atoms with E-state index >= 15 is 0 Å². The molecule has 3 aromatic heterocycles. The monoisotopic (exact) mass is 430 g/mol. The van der Waals surface area contributed by atoms with Crippen molar-refractivity contribution in [1.29, 1.82) is 0 Å². The molecule has 0 N–H and O–H groups in total. The molecule has 9 heteroatoms. The van der Waals surface area contributed by atoms with E-state index in [4.69, 9.17) is 14.7 Å². The zero-order chi connectivity index (χ0) is 19.8. The Bertz CT molecular complexity index is 1020. The molecule has 0 saturated carbocycles. The first-order valence-electron chi connectivity index (χ1n) is 10.4. The Morgan fingerprint density at radius 1 is 1.03 bits per heavy atom. The van der Waals surface area contributed by atoms with Crippen molar-refractivity contribution in [1.82, 2.24) is 29.6 Å². The lowest BCUT2D eigenvalue weighted by atomic mass is 10.2. The first kappa shape index (κ1) is 19.4. The summed E-state index contributed by atoms with van der Waals surface area (Å²) in [6.45, 7) is 9.55. The van der Waals surface area contributed by atoms with Crippen molar-refractivity contribution in [2.24, 2.45) is 0 Å². The molecule has 1 fully saturated rings. The Kier molecular flexibility index (Phi) is 5.55. The predicted octanol–water partition coefficient (Wildman–Crippen LogP) is 3.61. The zero-order valence-electron chi connectivity index (χ0n) is 17.0. The first-order chi connectivity index (χ1) is 14.2. The van der Waals surface area contributed by atoms with Crippen LogP contribution in [0.2, 0.25) is 0 Å². The van der Waals surface area contributed by atoms with Gasteiger partial charge in [-0.15, -0.1) is 21.5 Å². The van der Waals surface area contributed by atoms with Crippen LogP contribution in [0.3, 0.4) is 0 Å². The maximum absolute atomic E-state index is 5.48. The molecule has 0 atom stereocenters. The molecule has 0 aromatic carbocycles. The standard InChI is InChI=1S/C20H26N6OS2/c1-13-14(2)28-18-17(13)19(22-15(21-18)12-25-8-10-27-11-9-25)29-20-24-23-16-6-4-3-5-7-26(16)20/h3-12H2,1-2H3. The summed E-state index contributed by atoms with van der Waals surface area (Å²) in [5.74, 6) is 2.00. The molecular weight excluding hydrogens is 404 g/mol. The van der Waals surface area contributed by atoms with Gasteiger partial charge in [-0.3, -0.25) is 4.90 Å². The van der Waals surface area contributed by atoms with E-state index in [1.807, 2.05) is 0 Å². The number of aryl methyl sites for hydroxylation is 3. The molecule has 0 amide bonds. The molecule has 2 aliphatic rings. The van der Waals surface area contributed by atoms with E-state index in [9.17, 15) is 0 Å². The zero-order valence-corrected chi connectivity index (χ0v) is 18.6. The van der Waals surface area contributed by atoms with E-state index in [1.165, 1.54) is 35.1 Å². The molecule has 0 radical (unpaired) electrons. The summed E-state index contributed by atoms with van der Waals surface area (Å²) in [6.07, 6.45) is 4.67. The molecule has 0 spiro atoms. The molecule has 2 aliphatic heterocycles. The van der Waals surface area contributed by atoms with Crippen molar-refractivity contribution in [3.05, 3.63) is 22.1 Å². The normalized spacial score (nSPS) is 18.1. The fraction of sp³-hybridized carbons (Fsp3) is 0.600. The van der Waals surface area contributed by atoms with Gasteiger partial charge in [0.1, 0.15) is 21.5 Å². The molecular formula is C20H26N6OS2. The van der Waals surface area contributed by atoms with E-state index in [2.05, 4.69) is 33.5 Å². The van der Waals surface area contributed by atoms with Crippen LogP contribution in [-0.4, -0.2) is 55.9 Å². The molecule has 154 valence electrons. The summed E-state index contributed by atoms with van der Waals surface area (Å²) >= 11 is 3.42. The van der Waals surface area contributed by atoms with E-state index in [-0.39, 0.29) is 0 Å². The van der Waals surface area contributed by atoms with Gasteiger partial charge < -0.3 is 9.30 Å². The van der Waals surface area contributed by atoms with Gasteiger partial charge in [0.05, 0.1) is 19.8 Å². The number of hydrogen-bond donors (Lipinski definition) is 0. The van der Waals surface area contributed by atoms with Crippen LogP contribution in [0.4, 0.5) is 0 Å². The highest BCUT2D eigenvalue weighted by atomic mass is 32.2. The Morgan fingerprint density at radius 2 is 1.90 bits per heavy atom. The van der Waals surface area contributed by atoms with Gasteiger partial charge in [-0.2, -0.15) is 0 Å². The quantitative estimate of drug-likeness (QED) is 0.586. The number of hydrogen-bond acceptors (Lipinski definition) is 8. The molecule has 0 bridgehead atoms. The molecule has 0 aliphatic carbocycles. The maximum Gasteiger partial charge on any atom is 0.197 e. The third-order valence-electron chi connectivity index (χ3n) is 5.77. The van der Waals surface area contributed by atoms with Gasteiger partial charge in [-0.25, -0.2) is 9.97 Å². The van der Waals surface area contributed by atoms with Crippen LogP contribution >= 0.6 is 23.1 Å². The van der Waals surface area contributed by atoms with Gasteiger partial charge in [0.25, 0.3) is 0 Å². The van der Waals surface area contributed by atoms with Crippen LogP contribution in [0.25, 0.3) is 10.2 Å². The minimum absolute atomic E-state index is 0.765. The molecule has 5 heterocycles. The third kappa shape index (κ3) is 3.93. The minimum atomic E-state index is 0.765. The van der Waals surface area contributed by atoms with Crippen LogP contribution in [0.15, 0.2) is 10.2 Å². The predicted molar refractivity (Wildman–Crippen MR) is 115 cm³/mol. The van der Waals surface area contributed by atoms with Crippen LogP contribution in [0.5, 0.6) is 0 Å². The Hall–Kier alpha value is -1.55. The van der Waals surface area contributed by atoms with Crippen LogP contribution in [0, 0.1) is 13.8 Å². The van der Waals surface area contributed by atoms with Gasteiger partial charge in [0.2, 0.25) is 0 Å². The van der Waals surface area contributed by atoms with E-state index in [0.29, 0.717) is 0 Å². The number of morpholine rings is 1. The fourth-order valence-electron chi connectivity index (χ4n) is 3.98. The second kappa shape index (κ2) is 8.29. The number of ether oxygens (including phenoxy) is 1. The van der Waals surface area contributed by atoms with E-state index in [0.717, 1.165) is 72.5 Å². The fourth-order valence-corrected chi connectivity index (χ4v) is 6.16. The number of rotatable bonds is 4. The van der Waals surface area contributed by atoms with Crippen molar-refractivity contribution in [3.8, 4) is 0 Å².